The standard InChI is InChI=1S/C8H15F2NO5S2/c1-7(2,18(14,15)16)8(9,10)17(12,13)11-5-3-4-6-11/h3-6H2,1-2H3,(H,14,15,16). The third kappa shape index (κ3) is 2.15. The Morgan fingerprint density at radius 2 is 1.44 bits per heavy atom. The Hall–Kier alpha value is -0.320. The highest BCUT2D eigenvalue weighted by molar-refractivity contribution is 7.93. The van der Waals surface area contributed by atoms with Gasteiger partial charge in [0.15, 0.2) is 4.75 Å². The maximum Gasteiger partial charge on any atom is 0.380 e. The first-order valence-corrected chi connectivity index (χ1v) is 8.08. The first kappa shape index (κ1) is 15.7. The molecule has 18 heavy (non-hydrogen) atoms. The van der Waals surface area contributed by atoms with E-state index in [9.17, 15) is 25.6 Å². The van der Waals surface area contributed by atoms with Gasteiger partial charge in [-0.1, -0.05) is 0 Å². The summed E-state index contributed by atoms with van der Waals surface area (Å²) in [6, 6.07) is 0. The summed E-state index contributed by atoms with van der Waals surface area (Å²) < 4.78 is 79.6. The van der Waals surface area contributed by atoms with Gasteiger partial charge in [0.05, 0.1) is 0 Å². The minimum atomic E-state index is -5.23. The highest BCUT2D eigenvalue weighted by Gasteiger charge is 2.65. The number of hydrogen-bond acceptors (Lipinski definition) is 4. The third-order valence-electron chi connectivity index (χ3n) is 3.07. The summed E-state index contributed by atoms with van der Waals surface area (Å²) in [7, 11) is -10.3. The Balaban J connectivity index is 3.29. The highest BCUT2D eigenvalue weighted by atomic mass is 32.2. The van der Waals surface area contributed by atoms with E-state index in [-0.39, 0.29) is 13.1 Å². The zero-order valence-electron chi connectivity index (χ0n) is 9.93. The summed E-state index contributed by atoms with van der Waals surface area (Å²) in [6.07, 6.45) is 0.892. The largest absolute Gasteiger partial charge is 0.380 e. The molecule has 0 aliphatic carbocycles. The average molecular weight is 307 g/mol. The van der Waals surface area contributed by atoms with Gasteiger partial charge in [0.1, 0.15) is 0 Å². The van der Waals surface area contributed by atoms with Crippen LogP contribution in [0.4, 0.5) is 8.78 Å². The Labute approximate surface area is 105 Å². The molecule has 0 atom stereocenters. The minimum Gasteiger partial charge on any atom is -0.285 e. The van der Waals surface area contributed by atoms with Crippen LogP contribution in [-0.2, 0) is 20.1 Å². The minimum absolute atomic E-state index is 0.0700. The molecule has 0 amide bonds. The maximum atomic E-state index is 14.0. The van der Waals surface area contributed by atoms with Crippen molar-refractivity contribution in [3.63, 3.8) is 0 Å². The number of sulfonamides is 1. The number of hydrogen-bond donors (Lipinski definition) is 1. The second-order valence-electron chi connectivity index (χ2n) is 4.61. The van der Waals surface area contributed by atoms with Crippen LogP contribution in [0, 0.1) is 0 Å². The Morgan fingerprint density at radius 3 is 1.78 bits per heavy atom. The summed E-state index contributed by atoms with van der Waals surface area (Å²) in [5, 5.41) is -4.60. The summed E-state index contributed by atoms with van der Waals surface area (Å²) in [6.45, 7) is 0.824. The molecule has 108 valence electrons. The van der Waals surface area contributed by atoms with Crippen molar-refractivity contribution in [1.29, 1.82) is 0 Å². The maximum absolute atomic E-state index is 14.0. The van der Waals surface area contributed by atoms with Gasteiger partial charge in [-0.15, -0.1) is 0 Å². The van der Waals surface area contributed by atoms with Crippen LogP contribution in [0.15, 0.2) is 0 Å². The van der Waals surface area contributed by atoms with Crippen molar-refractivity contribution >= 4 is 20.1 Å². The van der Waals surface area contributed by atoms with Crippen molar-refractivity contribution < 1.29 is 30.2 Å². The zero-order valence-corrected chi connectivity index (χ0v) is 11.6. The molecule has 0 saturated carbocycles. The van der Waals surface area contributed by atoms with Crippen LogP contribution >= 0.6 is 0 Å². The molecule has 1 saturated heterocycles. The van der Waals surface area contributed by atoms with Gasteiger partial charge in [-0.05, 0) is 26.7 Å². The van der Waals surface area contributed by atoms with Gasteiger partial charge >= 0.3 is 5.25 Å². The summed E-state index contributed by atoms with van der Waals surface area (Å²) in [5.74, 6) is 0. The van der Waals surface area contributed by atoms with Crippen molar-refractivity contribution in [3.8, 4) is 0 Å². The van der Waals surface area contributed by atoms with Crippen LogP contribution in [0.25, 0.3) is 0 Å². The van der Waals surface area contributed by atoms with E-state index in [0.29, 0.717) is 31.0 Å². The molecule has 1 aliphatic heterocycles. The van der Waals surface area contributed by atoms with Crippen LogP contribution in [0.1, 0.15) is 26.7 Å². The van der Waals surface area contributed by atoms with E-state index in [1.54, 1.807) is 0 Å². The van der Waals surface area contributed by atoms with Gasteiger partial charge in [0, 0.05) is 13.1 Å². The van der Waals surface area contributed by atoms with Gasteiger partial charge in [0.25, 0.3) is 20.1 Å². The second-order valence-corrected chi connectivity index (χ2v) is 8.56. The van der Waals surface area contributed by atoms with Crippen LogP contribution < -0.4 is 0 Å². The predicted octanol–water partition coefficient (Wildman–Crippen LogP) is 0.671. The normalized spacial score (nSPS) is 20.3. The molecule has 1 N–H and O–H groups in total. The smallest absolute Gasteiger partial charge is 0.285 e. The molecule has 6 nitrogen and oxygen atoms in total. The Kier molecular flexibility index (Phi) is 3.81. The van der Waals surface area contributed by atoms with Gasteiger partial charge in [0.2, 0.25) is 0 Å². The number of halogens is 2. The molecule has 1 aliphatic rings. The lowest BCUT2D eigenvalue weighted by atomic mass is 10.2. The molecular weight excluding hydrogens is 292 g/mol. The fourth-order valence-corrected chi connectivity index (χ4v) is 4.17. The van der Waals surface area contributed by atoms with E-state index >= 15 is 0 Å². The summed E-state index contributed by atoms with van der Waals surface area (Å²) in [5.41, 5.74) is 0. The lowest BCUT2D eigenvalue weighted by Crippen LogP contribution is -2.57. The number of rotatable bonds is 4. The molecule has 0 unspecified atom stereocenters. The van der Waals surface area contributed by atoms with Crippen molar-refractivity contribution in [2.24, 2.45) is 0 Å². The van der Waals surface area contributed by atoms with Gasteiger partial charge in [-0.2, -0.15) is 21.5 Å². The number of alkyl halides is 2. The van der Waals surface area contributed by atoms with Crippen LogP contribution in [0.3, 0.4) is 0 Å². The van der Waals surface area contributed by atoms with Crippen LogP contribution in [0.2, 0.25) is 0 Å². The molecule has 0 radical (unpaired) electrons. The van der Waals surface area contributed by atoms with E-state index in [1.807, 2.05) is 0 Å². The molecule has 0 bridgehead atoms. The SMILES string of the molecule is CC(C)(C(F)(F)S(=O)(=O)N1CCCC1)S(=O)(=O)O. The van der Waals surface area contributed by atoms with E-state index < -0.39 is 30.1 Å². The van der Waals surface area contributed by atoms with E-state index in [4.69, 9.17) is 4.55 Å². The Morgan fingerprint density at radius 1 is 1.06 bits per heavy atom. The predicted molar refractivity (Wildman–Crippen MR) is 60.3 cm³/mol. The van der Waals surface area contributed by atoms with Crippen molar-refractivity contribution in [2.75, 3.05) is 13.1 Å². The molecule has 1 fully saturated rings. The topological polar surface area (TPSA) is 91.8 Å². The first-order chi connectivity index (χ1) is 7.86. The molecule has 0 aromatic heterocycles. The average Bonchev–Trinajstić information content (AvgIpc) is 2.68. The van der Waals surface area contributed by atoms with Crippen LogP contribution in [-0.4, -0.2) is 48.8 Å². The second kappa shape index (κ2) is 4.36. The summed E-state index contributed by atoms with van der Waals surface area (Å²) in [4.78, 5) is 0. The molecular formula is C8H15F2NO5S2. The van der Waals surface area contributed by atoms with Gasteiger partial charge in [-0.25, -0.2) is 8.42 Å². The van der Waals surface area contributed by atoms with Crippen LogP contribution in [0.5, 0.6) is 0 Å². The molecule has 1 heterocycles. The van der Waals surface area contributed by atoms with Crippen molar-refractivity contribution in [1.82, 2.24) is 4.31 Å². The fraction of sp³-hybridized carbons (Fsp3) is 1.00. The zero-order chi connectivity index (χ0) is 14.4. The Bertz CT molecular complexity index is 520. The molecule has 0 spiro atoms. The molecule has 10 heteroatoms. The lowest BCUT2D eigenvalue weighted by Gasteiger charge is -2.33. The third-order valence-corrected chi connectivity index (χ3v) is 6.95. The highest BCUT2D eigenvalue weighted by Crippen LogP contribution is 2.41. The monoisotopic (exact) mass is 307 g/mol. The van der Waals surface area contributed by atoms with E-state index in [0.717, 1.165) is 0 Å². The molecule has 0 aromatic rings. The summed E-state index contributed by atoms with van der Waals surface area (Å²) >= 11 is 0. The van der Waals surface area contributed by atoms with E-state index in [2.05, 4.69) is 0 Å². The molecule has 1 rings (SSSR count). The van der Waals surface area contributed by atoms with Gasteiger partial charge < -0.3 is 0 Å². The lowest BCUT2D eigenvalue weighted by molar-refractivity contribution is 0.0457. The van der Waals surface area contributed by atoms with Gasteiger partial charge in [-0.3, -0.25) is 4.55 Å². The van der Waals surface area contributed by atoms with E-state index in [1.165, 1.54) is 0 Å². The van der Waals surface area contributed by atoms with Crippen molar-refractivity contribution in [3.05, 3.63) is 0 Å². The quantitative estimate of drug-likeness (QED) is 0.771. The molecule has 0 aromatic carbocycles. The first-order valence-electron chi connectivity index (χ1n) is 5.20. The van der Waals surface area contributed by atoms with Crippen molar-refractivity contribution in [2.45, 2.75) is 36.7 Å². The number of nitrogens with zero attached hydrogens (tertiary/aromatic N) is 1. The fourth-order valence-electron chi connectivity index (χ4n) is 1.55.